The Hall–Kier alpha value is -4.48. The van der Waals surface area contributed by atoms with Crippen molar-refractivity contribution in [2.75, 3.05) is 0 Å². The van der Waals surface area contributed by atoms with Crippen LogP contribution in [0.2, 0.25) is 5.02 Å². The average molecular weight is 507 g/mol. The molecule has 0 aliphatic heterocycles. The zero-order valence-electron chi connectivity index (χ0n) is 18.6. The maximum Gasteiger partial charge on any atom is 0.345 e. The minimum absolute atomic E-state index is 0.276. The highest BCUT2D eigenvalue weighted by Gasteiger charge is 2.35. The van der Waals surface area contributed by atoms with Gasteiger partial charge in [0.1, 0.15) is 22.4 Å². The second-order valence-corrected chi connectivity index (χ2v) is 9.46. The third-order valence-electron chi connectivity index (χ3n) is 6.10. The third kappa shape index (κ3) is 4.10. The summed E-state index contributed by atoms with van der Waals surface area (Å²) in [7, 11) is 0. The summed E-state index contributed by atoms with van der Waals surface area (Å²) in [4.78, 5) is 17.4. The van der Waals surface area contributed by atoms with Gasteiger partial charge in [0.05, 0.1) is 29.5 Å². The molecular weight excluding hydrogens is 492 g/mol. The van der Waals surface area contributed by atoms with Gasteiger partial charge in [0.2, 0.25) is 0 Å². The van der Waals surface area contributed by atoms with Crippen LogP contribution in [-0.2, 0) is 0 Å². The average Bonchev–Trinajstić information content (AvgIpc) is 3.38. The first-order valence-corrected chi connectivity index (χ1v) is 12.2. The van der Waals surface area contributed by atoms with Crippen molar-refractivity contribution in [3.63, 3.8) is 0 Å². The van der Waals surface area contributed by atoms with Crippen molar-refractivity contribution in [2.24, 2.45) is 5.92 Å². The minimum atomic E-state index is -1.08. The summed E-state index contributed by atoms with van der Waals surface area (Å²) in [5.41, 5.74) is 1.22. The Morgan fingerprint density at radius 1 is 0.917 bits per heavy atom. The molecule has 0 aliphatic rings. The van der Waals surface area contributed by atoms with Crippen molar-refractivity contribution in [3.05, 3.63) is 98.1 Å². The summed E-state index contributed by atoms with van der Waals surface area (Å²) < 4.78 is 5.60. The number of rotatable bonds is 5. The minimum Gasteiger partial charge on any atom is -0.422 e. The number of hydrogen-bond acceptors (Lipinski definition) is 7. The van der Waals surface area contributed by atoms with E-state index >= 15 is 0 Å². The van der Waals surface area contributed by atoms with Crippen molar-refractivity contribution in [1.29, 1.82) is 15.8 Å². The molecule has 0 saturated heterocycles. The summed E-state index contributed by atoms with van der Waals surface area (Å²) in [6.45, 7) is 0. The van der Waals surface area contributed by atoms with Crippen LogP contribution in [0.3, 0.4) is 0 Å². The number of nitriles is 3. The number of benzene rings is 3. The smallest absolute Gasteiger partial charge is 0.345 e. The molecule has 0 bridgehead atoms. The van der Waals surface area contributed by atoms with Crippen LogP contribution in [0.15, 0.2) is 81.3 Å². The Morgan fingerprint density at radius 2 is 1.67 bits per heavy atom. The molecule has 8 heteroatoms. The highest BCUT2D eigenvalue weighted by atomic mass is 35.5. The molecule has 5 aromatic rings. The van der Waals surface area contributed by atoms with Gasteiger partial charge in [-0.05, 0) is 40.6 Å². The van der Waals surface area contributed by atoms with E-state index in [1.165, 1.54) is 11.3 Å². The van der Waals surface area contributed by atoms with E-state index in [2.05, 4.69) is 11.1 Å². The van der Waals surface area contributed by atoms with Gasteiger partial charge in [0.15, 0.2) is 0 Å². The van der Waals surface area contributed by atoms with Crippen molar-refractivity contribution in [3.8, 4) is 29.5 Å². The molecule has 2 heterocycles. The SMILES string of the molecule is N#CC(C#N)C(c1ccc(Cl)cc1)C(C#N)c1nc(-c2cc3c(ccc4ccccc43)oc2=O)cs1. The summed E-state index contributed by atoms with van der Waals surface area (Å²) in [6.07, 6.45) is 0. The number of fused-ring (bicyclic) bond motifs is 3. The molecule has 0 aliphatic carbocycles. The first-order valence-electron chi connectivity index (χ1n) is 10.9. The van der Waals surface area contributed by atoms with Gasteiger partial charge < -0.3 is 4.42 Å². The second kappa shape index (κ2) is 9.64. The van der Waals surface area contributed by atoms with E-state index in [-0.39, 0.29) is 5.56 Å². The van der Waals surface area contributed by atoms with Gasteiger partial charge in [-0.2, -0.15) is 15.8 Å². The standard InChI is InChI=1S/C28H15ClN4O2S/c29-19-8-5-17(6-9-19)26(18(12-30)13-31)23(14-32)27-33-24(15-36-27)22-11-21-20-4-2-1-3-16(20)7-10-25(21)35-28(22)34/h1-11,15,18,23,26H. The quantitative estimate of drug-likeness (QED) is 0.192. The number of nitrogens with zero attached hydrogens (tertiary/aromatic N) is 4. The molecule has 2 aromatic heterocycles. The lowest BCUT2D eigenvalue weighted by molar-refractivity contribution is 0.559. The molecule has 0 spiro atoms. The highest BCUT2D eigenvalue weighted by molar-refractivity contribution is 7.10. The molecule has 36 heavy (non-hydrogen) atoms. The zero-order valence-corrected chi connectivity index (χ0v) is 20.1. The van der Waals surface area contributed by atoms with Gasteiger partial charge in [0, 0.05) is 21.7 Å². The number of halogens is 1. The van der Waals surface area contributed by atoms with E-state index in [1.807, 2.05) is 42.5 Å². The van der Waals surface area contributed by atoms with Crippen molar-refractivity contribution < 1.29 is 4.42 Å². The maximum atomic E-state index is 12.8. The van der Waals surface area contributed by atoms with E-state index in [0.717, 1.165) is 16.2 Å². The van der Waals surface area contributed by atoms with Gasteiger partial charge in [0.25, 0.3) is 0 Å². The zero-order chi connectivity index (χ0) is 25.2. The molecule has 2 unspecified atom stereocenters. The molecule has 5 rings (SSSR count). The normalized spacial score (nSPS) is 12.6. The van der Waals surface area contributed by atoms with Crippen LogP contribution in [0, 0.1) is 39.9 Å². The van der Waals surface area contributed by atoms with Gasteiger partial charge in [-0.3, -0.25) is 0 Å². The van der Waals surface area contributed by atoms with Crippen LogP contribution in [0.5, 0.6) is 0 Å². The molecule has 0 radical (unpaired) electrons. The summed E-state index contributed by atoms with van der Waals surface area (Å²) in [6, 6.07) is 26.2. The van der Waals surface area contributed by atoms with Gasteiger partial charge in [-0.15, -0.1) is 11.3 Å². The Labute approximate surface area is 214 Å². The van der Waals surface area contributed by atoms with Crippen LogP contribution >= 0.6 is 22.9 Å². The van der Waals surface area contributed by atoms with Crippen molar-refractivity contribution >= 4 is 44.7 Å². The molecule has 6 nitrogen and oxygen atoms in total. The summed E-state index contributed by atoms with van der Waals surface area (Å²) >= 11 is 7.21. The van der Waals surface area contributed by atoms with Crippen LogP contribution in [0.4, 0.5) is 0 Å². The van der Waals surface area contributed by atoms with Crippen LogP contribution < -0.4 is 5.63 Å². The highest BCUT2D eigenvalue weighted by Crippen LogP contribution is 2.40. The van der Waals surface area contributed by atoms with E-state index in [1.54, 1.807) is 41.8 Å². The number of hydrogen-bond donors (Lipinski definition) is 0. The monoisotopic (exact) mass is 506 g/mol. The van der Waals surface area contributed by atoms with Crippen LogP contribution in [0.1, 0.15) is 22.4 Å². The Balaban J connectivity index is 1.61. The predicted octanol–water partition coefficient (Wildman–Crippen LogP) is 6.78. The first-order chi connectivity index (χ1) is 17.5. The Morgan fingerprint density at radius 3 is 2.39 bits per heavy atom. The molecule has 0 fully saturated rings. The lowest BCUT2D eigenvalue weighted by atomic mass is 9.78. The van der Waals surface area contributed by atoms with Crippen molar-refractivity contribution in [1.82, 2.24) is 4.98 Å². The predicted molar refractivity (Wildman–Crippen MR) is 138 cm³/mol. The number of thiazole rings is 1. The molecule has 3 aromatic carbocycles. The Kier molecular flexibility index (Phi) is 6.23. The Bertz CT molecular complexity index is 1770. The fraction of sp³-hybridized carbons (Fsp3) is 0.107. The molecule has 0 amide bonds. The van der Waals surface area contributed by atoms with Gasteiger partial charge >= 0.3 is 5.63 Å². The van der Waals surface area contributed by atoms with E-state index < -0.39 is 23.4 Å². The molecule has 2 atom stereocenters. The second-order valence-electron chi connectivity index (χ2n) is 8.14. The topological polar surface area (TPSA) is 114 Å². The van der Waals surface area contributed by atoms with E-state index in [4.69, 9.17) is 16.0 Å². The van der Waals surface area contributed by atoms with Crippen LogP contribution in [0.25, 0.3) is 33.0 Å². The van der Waals surface area contributed by atoms with E-state index in [9.17, 15) is 20.6 Å². The first kappa shape index (κ1) is 23.3. The summed E-state index contributed by atoms with van der Waals surface area (Å²) in [5, 5.41) is 34.7. The molecule has 172 valence electrons. The van der Waals surface area contributed by atoms with Crippen LogP contribution in [-0.4, -0.2) is 4.98 Å². The van der Waals surface area contributed by atoms with Crippen molar-refractivity contribution in [2.45, 2.75) is 11.8 Å². The summed E-state index contributed by atoms with van der Waals surface area (Å²) in [5.74, 6) is -2.72. The fourth-order valence-electron chi connectivity index (χ4n) is 4.35. The fourth-order valence-corrected chi connectivity index (χ4v) is 5.38. The maximum absolute atomic E-state index is 12.8. The molecular formula is C28H15ClN4O2S. The largest absolute Gasteiger partial charge is 0.422 e. The van der Waals surface area contributed by atoms with Gasteiger partial charge in [-0.25, -0.2) is 9.78 Å². The van der Waals surface area contributed by atoms with Gasteiger partial charge in [-0.1, -0.05) is 54.1 Å². The van der Waals surface area contributed by atoms with E-state index in [0.29, 0.717) is 26.9 Å². The lowest BCUT2D eigenvalue weighted by Crippen LogP contribution is -2.18. The lowest BCUT2D eigenvalue weighted by Gasteiger charge is -2.21. The number of aromatic nitrogens is 1. The third-order valence-corrected chi connectivity index (χ3v) is 7.28. The molecule has 0 saturated carbocycles. The molecule has 0 N–H and O–H groups in total.